The number of alkyl halides is 1. The second kappa shape index (κ2) is 3.88. The number of hydrogen-bond donors (Lipinski definition) is 2. The van der Waals surface area contributed by atoms with E-state index in [4.69, 9.17) is 10.8 Å². The van der Waals surface area contributed by atoms with Gasteiger partial charge in [-0.15, -0.1) is 0 Å². The van der Waals surface area contributed by atoms with Gasteiger partial charge in [0.1, 0.15) is 6.17 Å². The Hall–Kier alpha value is -1.58. The summed E-state index contributed by atoms with van der Waals surface area (Å²) >= 11 is 0. The Kier molecular flexibility index (Phi) is 2.98. The molecule has 0 aliphatic carbocycles. The Bertz CT molecular complexity index is 377. The predicted octanol–water partition coefficient (Wildman–Crippen LogP) is 2.39. The second-order valence-electron chi connectivity index (χ2n) is 4.02. The first-order valence-electron chi connectivity index (χ1n) is 4.59. The number of benzene rings is 1. The molecule has 0 aromatic heterocycles. The van der Waals surface area contributed by atoms with E-state index in [9.17, 15) is 9.18 Å². The number of carbonyl (C=O) groups is 1. The summed E-state index contributed by atoms with van der Waals surface area (Å²) < 4.78 is 14.0. The molecule has 4 heteroatoms. The maximum absolute atomic E-state index is 14.0. The molecule has 0 saturated heterocycles. The zero-order chi connectivity index (χ0) is 11.6. The third-order valence-corrected chi connectivity index (χ3v) is 2.45. The molecule has 1 rings (SSSR count). The highest BCUT2D eigenvalue weighted by Crippen LogP contribution is 2.39. The fraction of sp³-hybridized carbons (Fsp3) is 0.364. The van der Waals surface area contributed by atoms with Crippen molar-refractivity contribution in [2.24, 2.45) is 5.41 Å². The van der Waals surface area contributed by atoms with Gasteiger partial charge in [0, 0.05) is 11.3 Å². The van der Waals surface area contributed by atoms with E-state index in [1.54, 1.807) is 18.2 Å². The van der Waals surface area contributed by atoms with Crippen molar-refractivity contribution >= 4 is 11.7 Å². The molecule has 0 aliphatic heterocycles. The van der Waals surface area contributed by atoms with E-state index in [0.29, 0.717) is 0 Å². The zero-order valence-electron chi connectivity index (χ0n) is 8.70. The van der Waals surface area contributed by atoms with Gasteiger partial charge in [0.25, 0.3) is 0 Å². The SMILES string of the molecule is CC(C)(C(=O)O)C(F)c1ccccc1N. The van der Waals surface area contributed by atoms with Crippen molar-refractivity contribution in [2.45, 2.75) is 20.0 Å². The number of carboxylic acid groups (broad SMARTS) is 1. The molecule has 0 saturated carbocycles. The smallest absolute Gasteiger partial charge is 0.312 e. The highest BCUT2D eigenvalue weighted by molar-refractivity contribution is 5.75. The van der Waals surface area contributed by atoms with E-state index >= 15 is 0 Å². The van der Waals surface area contributed by atoms with Crippen LogP contribution in [0.2, 0.25) is 0 Å². The van der Waals surface area contributed by atoms with Crippen molar-refractivity contribution < 1.29 is 14.3 Å². The fourth-order valence-corrected chi connectivity index (χ4v) is 1.24. The topological polar surface area (TPSA) is 63.3 Å². The van der Waals surface area contributed by atoms with Gasteiger partial charge in [0.15, 0.2) is 0 Å². The van der Waals surface area contributed by atoms with Gasteiger partial charge in [0.05, 0.1) is 5.41 Å². The molecule has 0 amide bonds. The third kappa shape index (κ3) is 2.09. The summed E-state index contributed by atoms with van der Waals surface area (Å²) in [6, 6.07) is 6.38. The summed E-state index contributed by atoms with van der Waals surface area (Å²) in [6.45, 7) is 2.68. The molecule has 0 spiro atoms. The zero-order valence-corrected chi connectivity index (χ0v) is 8.70. The second-order valence-corrected chi connectivity index (χ2v) is 4.02. The van der Waals surface area contributed by atoms with Gasteiger partial charge >= 0.3 is 5.97 Å². The van der Waals surface area contributed by atoms with Crippen LogP contribution in [0.1, 0.15) is 25.6 Å². The monoisotopic (exact) mass is 211 g/mol. The maximum atomic E-state index is 14.0. The number of aliphatic carboxylic acids is 1. The maximum Gasteiger partial charge on any atom is 0.312 e. The summed E-state index contributed by atoms with van der Waals surface area (Å²) in [6.07, 6.45) is -1.61. The number of hydrogen-bond acceptors (Lipinski definition) is 2. The van der Waals surface area contributed by atoms with Crippen molar-refractivity contribution in [2.75, 3.05) is 5.73 Å². The van der Waals surface area contributed by atoms with E-state index < -0.39 is 17.6 Å². The summed E-state index contributed by atoms with van der Waals surface area (Å²) in [5.74, 6) is -1.18. The molecule has 0 radical (unpaired) electrons. The lowest BCUT2D eigenvalue weighted by Crippen LogP contribution is -2.29. The van der Waals surface area contributed by atoms with Crippen LogP contribution in [-0.4, -0.2) is 11.1 Å². The number of nitrogens with two attached hydrogens (primary N) is 1. The van der Waals surface area contributed by atoms with Gasteiger partial charge in [-0.25, -0.2) is 4.39 Å². The van der Waals surface area contributed by atoms with E-state index in [0.717, 1.165) is 0 Å². The Morgan fingerprint density at radius 2 is 2.00 bits per heavy atom. The number of rotatable bonds is 3. The van der Waals surface area contributed by atoms with E-state index in [1.807, 2.05) is 0 Å². The lowest BCUT2D eigenvalue weighted by atomic mass is 9.83. The van der Waals surface area contributed by atoms with Crippen LogP contribution >= 0.6 is 0 Å². The van der Waals surface area contributed by atoms with Gasteiger partial charge in [-0.2, -0.15) is 0 Å². The minimum Gasteiger partial charge on any atom is -0.481 e. The van der Waals surface area contributed by atoms with Crippen molar-refractivity contribution in [3.8, 4) is 0 Å². The molecule has 1 aromatic rings. The van der Waals surface area contributed by atoms with E-state index in [1.165, 1.54) is 19.9 Å². The van der Waals surface area contributed by atoms with Crippen LogP contribution in [0.4, 0.5) is 10.1 Å². The predicted molar refractivity (Wildman–Crippen MR) is 56.1 cm³/mol. The molecule has 15 heavy (non-hydrogen) atoms. The van der Waals surface area contributed by atoms with E-state index in [-0.39, 0.29) is 11.3 Å². The Balaban J connectivity index is 3.10. The molecular weight excluding hydrogens is 197 g/mol. The molecule has 3 N–H and O–H groups in total. The Morgan fingerprint density at radius 1 is 1.47 bits per heavy atom. The highest BCUT2D eigenvalue weighted by Gasteiger charge is 2.39. The van der Waals surface area contributed by atoms with Crippen LogP contribution in [0, 0.1) is 5.41 Å². The van der Waals surface area contributed by atoms with Gasteiger partial charge in [-0.3, -0.25) is 4.79 Å². The molecule has 1 atom stereocenters. The van der Waals surface area contributed by atoms with Gasteiger partial charge in [0.2, 0.25) is 0 Å². The first-order chi connectivity index (χ1) is 6.87. The van der Waals surface area contributed by atoms with Crippen LogP contribution in [0.3, 0.4) is 0 Å². The highest BCUT2D eigenvalue weighted by atomic mass is 19.1. The summed E-state index contributed by atoms with van der Waals surface area (Å²) in [7, 11) is 0. The van der Waals surface area contributed by atoms with Crippen molar-refractivity contribution in [1.29, 1.82) is 0 Å². The summed E-state index contributed by atoms with van der Waals surface area (Å²) in [4.78, 5) is 10.9. The van der Waals surface area contributed by atoms with Crippen molar-refractivity contribution in [3.63, 3.8) is 0 Å². The lowest BCUT2D eigenvalue weighted by molar-refractivity contribution is -0.150. The first-order valence-corrected chi connectivity index (χ1v) is 4.59. The Labute approximate surface area is 87.7 Å². The number of halogens is 1. The standard InChI is InChI=1S/C11H14FNO2/c1-11(2,10(14)15)9(12)7-5-3-4-6-8(7)13/h3-6,9H,13H2,1-2H3,(H,14,15). The lowest BCUT2D eigenvalue weighted by Gasteiger charge is -2.24. The third-order valence-electron chi connectivity index (χ3n) is 2.45. The molecule has 82 valence electrons. The molecule has 0 aliphatic rings. The number of anilines is 1. The van der Waals surface area contributed by atoms with Gasteiger partial charge in [-0.05, 0) is 19.9 Å². The average Bonchev–Trinajstić information content (AvgIpc) is 2.17. The summed E-state index contributed by atoms with van der Waals surface area (Å²) in [5.41, 5.74) is 4.61. The van der Waals surface area contributed by atoms with Crippen LogP contribution in [0.15, 0.2) is 24.3 Å². The Morgan fingerprint density at radius 3 is 2.47 bits per heavy atom. The van der Waals surface area contributed by atoms with Crippen LogP contribution < -0.4 is 5.73 Å². The molecule has 0 fully saturated rings. The molecular formula is C11H14FNO2. The molecule has 1 aromatic carbocycles. The number of para-hydroxylation sites is 1. The van der Waals surface area contributed by atoms with Crippen LogP contribution in [0.5, 0.6) is 0 Å². The van der Waals surface area contributed by atoms with Crippen molar-refractivity contribution in [1.82, 2.24) is 0 Å². The van der Waals surface area contributed by atoms with Crippen LogP contribution in [0.25, 0.3) is 0 Å². The quantitative estimate of drug-likeness (QED) is 0.754. The van der Waals surface area contributed by atoms with E-state index in [2.05, 4.69) is 0 Å². The molecule has 1 unspecified atom stereocenters. The van der Waals surface area contributed by atoms with Crippen LogP contribution in [-0.2, 0) is 4.79 Å². The fourth-order valence-electron chi connectivity index (χ4n) is 1.24. The average molecular weight is 211 g/mol. The minimum absolute atomic E-state index is 0.227. The molecule has 3 nitrogen and oxygen atoms in total. The number of carboxylic acids is 1. The number of nitrogen functional groups attached to an aromatic ring is 1. The molecule has 0 bridgehead atoms. The largest absolute Gasteiger partial charge is 0.481 e. The first kappa shape index (κ1) is 11.5. The van der Waals surface area contributed by atoms with Gasteiger partial charge in [-0.1, -0.05) is 18.2 Å². The summed E-state index contributed by atoms with van der Waals surface area (Å²) in [5, 5.41) is 8.88. The normalized spacial score (nSPS) is 13.5. The van der Waals surface area contributed by atoms with Gasteiger partial charge < -0.3 is 10.8 Å². The minimum atomic E-state index is -1.61. The molecule has 0 heterocycles. The van der Waals surface area contributed by atoms with Crippen molar-refractivity contribution in [3.05, 3.63) is 29.8 Å².